The maximum absolute atomic E-state index is 13.4. The average Bonchev–Trinajstić information content (AvgIpc) is 2.66. The van der Waals surface area contributed by atoms with Gasteiger partial charge in [-0.2, -0.15) is 13.2 Å². The Hall–Kier alpha value is -2.36. The molecule has 0 aliphatic carbocycles. The third kappa shape index (κ3) is 4.98. The number of aromatic nitrogens is 3. The topological polar surface area (TPSA) is 80.2 Å². The van der Waals surface area contributed by atoms with Gasteiger partial charge in [-0.3, -0.25) is 0 Å². The van der Waals surface area contributed by atoms with E-state index in [1.807, 2.05) is 0 Å². The smallest absolute Gasteiger partial charge is 0.419 e. The van der Waals surface area contributed by atoms with E-state index in [4.69, 9.17) is 27.9 Å². The van der Waals surface area contributed by atoms with Gasteiger partial charge in [-0.15, -0.1) is 0 Å². The molecule has 2 aromatic heterocycles. The highest BCUT2D eigenvalue weighted by atomic mass is 35.5. The van der Waals surface area contributed by atoms with Gasteiger partial charge in [-0.05, 0) is 30.7 Å². The number of aliphatic hydroxyl groups is 1. The summed E-state index contributed by atoms with van der Waals surface area (Å²) in [5.74, 6) is -0.0823. The summed E-state index contributed by atoms with van der Waals surface area (Å²) in [6.07, 6.45) is -4.03. The van der Waals surface area contributed by atoms with Gasteiger partial charge in [0.2, 0.25) is 5.28 Å². The number of halogens is 5. The zero-order valence-corrected chi connectivity index (χ0v) is 16.5. The van der Waals surface area contributed by atoms with Crippen LogP contribution < -0.4 is 10.1 Å². The van der Waals surface area contributed by atoms with Crippen LogP contribution in [0.15, 0.2) is 30.5 Å². The van der Waals surface area contributed by atoms with Gasteiger partial charge in [0, 0.05) is 17.5 Å². The van der Waals surface area contributed by atoms with Crippen LogP contribution in [-0.4, -0.2) is 32.8 Å². The molecule has 154 valence electrons. The fourth-order valence-corrected chi connectivity index (χ4v) is 2.95. The number of alkyl halides is 3. The van der Waals surface area contributed by atoms with Gasteiger partial charge in [0.05, 0.1) is 23.9 Å². The van der Waals surface area contributed by atoms with E-state index in [1.54, 1.807) is 0 Å². The first-order chi connectivity index (χ1) is 13.7. The van der Waals surface area contributed by atoms with Crippen molar-refractivity contribution in [2.24, 2.45) is 0 Å². The second kappa shape index (κ2) is 8.56. The number of para-hydroxylation sites is 1. The molecule has 1 aromatic carbocycles. The van der Waals surface area contributed by atoms with Crippen molar-refractivity contribution in [1.82, 2.24) is 15.0 Å². The highest BCUT2D eigenvalue weighted by Crippen LogP contribution is 2.39. The predicted octanol–water partition coefficient (Wildman–Crippen LogP) is 4.72. The second-order valence-corrected chi connectivity index (χ2v) is 6.85. The van der Waals surface area contributed by atoms with Gasteiger partial charge in [0.25, 0.3) is 0 Å². The van der Waals surface area contributed by atoms with Crippen molar-refractivity contribution in [3.63, 3.8) is 0 Å². The number of pyridine rings is 1. The molecule has 3 aromatic rings. The standard InChI is InChI=1S/C18H15Cl2F3N4O2/c1-9(8-28)29-15-10(3-2-4-12(15)18(21,22)23)6-25-16-11-5-14(19)24-7-13(11)26-17(20)27-16/h2-5,7,9,28H,6,8H2,1H3,(H,25,26,27). The van der Waals surface area contributed by atoms with E-state index < -0.39 is 24.5 Å². The monoisotopic (exact) mass is 446 g/mol. The van der Waals surface area contributed by atoms with E-state index in [9.17, 15) is 18.3 Å². The number of hydrogen-bond acceptors (Lipinski definition) is 6. The third-order valence-electron chi connectivity index (χ3n) is 3.95. The maximum Gasteiger partial charge on any atom is 0.419 e. The molecule has 0 radical (unpaired) electrons. The van der Waals surface area contributed by atoms with Gasteiger partial charge in [0.1, 0.15) is 22.8 Å². The Balaban J connectivity index is 1.99. The molecular formula is C18H15Cl2F3N4O2. The highest BCUT2D eigenvalue weighted by molar-refractivity contribution is 6.30. The molecule has 0 saturated heterocycles. The lowest BCUT2D eigenvalue weighted by Gasteiger charge is -2.21. The summed E-state index contributed by atoms with van der Waals surface area (Å²) < 4.78 is 45.7. The largest absolute Gasteiger partial charge is 0.487 e. The zero-order chi connectivity index (χ0) is 21.2. The van der Waals surface area contributed by atoms with Crippen LogP contribution in [-0.2, 0) is 12.7 Å². The van der Waals surface area contributed by atoms with Crippen LogP contribution in [0.3, 0.4) is 0 Å². The minimum atomic E-state index is -4.62. The fraction of sp³-hybridized carbons (Fsp3) is 0.278. The van der Waals surface area contributed by atoms with Crippen molar-refractivity contribution < 1.29 is 23.0 Å². The van der Waals surface area contributed by atoms with E-state index >= 15 is 0 Å². The Morgan fingerprint density at radius 1 is 1.24 bits per heavy atom. The van der Waals surface area contributed by atoms with Crippen LogP contribution in [0.4, 0.5) is 19.0 Å². The third-order valence-corrected chi connectivity index (χ3v) is 4.32. The van der Waals surface area contributed by atoms with Crippen LogP contribution in [0.5, 0.6) is 5.75 Å². The molecular weight excluding hydrogens is 432 g/mol. The van der Waals surface area contributed by atoms with Crippen molar-refractivity contribution in [2.75, 3.05) is 11.9 Å². The Kier molecular flexibility index (Phi) is 6.30. The van der Waals surface area contributed by atoms with Crippen LogP contribution >= 0.6 is 23.2 Å². The average molecular weight is 447 g/mol. The molecule has 3 rings (SSSR count). The van der Waals surface area contributed by atoms with Crippen molar-refractivity contribution >= 4 is 39.9 Å². The Morgan fingerprint density at radius 2 is 2.00 bits per heavy atom. The Bertz CT molecular complexity index is 1030. The minimum Gasteiger partial charge on any atom is -0.487 e. The molecule has 0 amide bonds. The summed E-state index contributed by atoms with van der Waals surface area (Å²) in [7, 11) is 0. The minimum absolute atomic E-state index is 0.0558. The Labute approximate surface area is 173 Å². The number of hydrogen-bond donors (Lipinski definition) is 2. The van der Waals surface area contributed by atoms with Gasteiger partial charge in [0.15, 0.2) is 0 Å². The van der Waals surface area contributed by atoms with Gasteiger partial charge in [-0.1, -0.05) is 23.7 Å². The number of nitrogens with one attached hydrogen (secondary N) is 1. The van der Waals surface area contributed by atoms with Gasteiger partial charge >= 0.3 is 6.18 Å². The molecule has 0 fully saturated rings. The van der Waals surface area contributed by atoms with Crippen LogP contribution in [0.1, 0.15) is 18.1 Å². The number of ether oxygens (including phenoxy) is 1. The summed E-state index contributed by atoms with van der Waals surface area (Å²) >= 11 is 11.8. The first-order valence-corrected chi connectivity index (χ1v) is 9.14. The van der Waals surface area contributed by atoms with Crippen LogP contribution in [0.25, 0.3) is 10.9 Å². The van der Waals surface area contributed by atoms with E-state index in [1.165, 1.54) is 31.3 Å². The molecule has 1 atom stereocenters. The fourth-order valence-electron chi connectivity index (χ4n) is 2.62. The number of anilines is 1. The van der Waals surface area contributed by atoms with Gasteiger partial charge < -0.3 is 15.2 Å². The lowest BCUT2D eigenvalue weighted by Crippen LogP contribution is -2.21. The molecule has 0 saturated carbocycles. The maximum atomic E-state index is 13.4. The first kappa shape index (κ1) is 21.4. The second-order valence-electron chi connectivity index (χ2n) is 6.12. The van der Waals surface area contributed by atoms with Crippen molar-refractivity contribution in [3.8, 4) is 5.75 Å². The van der Waals surface area contributed by atoms with Crippen molar-refractivity contribution in [2.45, 2.75) is 25.7 Å². The highest BCUT2D eigenvalue weighted by Gasteiger charge is 2.35. The molecule has 0 aliphatic rings. The van der Waals surface area contributed by atoms with E-state index in [-0.39, 0.29) is 34.1 Å². The molecule has 6 nitrogen and oxygen atoms in total. The predicted molar refractivity (Wildman–Crippen MR) is 103 cm³/mol. The molecule has 11 heteroatoms. The molecule has 29 heavy (non-hydrogen) atoms. The molecule has 1 unspecified atom stereocenters. The van der Waals surface area contributed by atoms with Gasteiger partial charge in [-0.25, -0.2) is 15.0 Å². The number of fused-ring (bicyclic) bond motifs is 1. The molecule has 0 bridgehead atoms. The van der Waals surface area contributed by atoms with Crippen molar-refractivity contribution in [3.05, 3.63) is 52.0 Å². The van der Waals surface area contributed by atoms with Crippen molar-refractivity contribution in [1.29, 1.82) is 0 Å². The zero-order valence-electron chi connectivity index (χ0n) is 15.0. The summed E-state index contributed by atoms with van der Waals surface area (Å²) in [6, 6.07) is 5.21. The molecule has 0 spiro atoms. The van der Waals surface area contributed by atoms with E-state index in [2.05, 4.69) is 20.3 Å². The summed E-state index contributed by atoms with van der Waals surface area (Å²) in [5, 5.41) is 12.8. The van der Waals surface area contributed by atoms with Crippen LogP contribution in [0, 0.1) is 0 Å². The molecule has 0 aliphatic heterocycles. The quantitative estimate of drug-likeness (QED) is 0.421. The van der Waals surface area contributed by atoms with Crippen LogP contribution in [0.2, 0.25) is 10.4 Å². The Morgan fingerprint density at radius 3 is 2.69 bits per heavy atom. The molecule has 2 heterocycles. The summed E-state index contributed by atoms with van der Waals surface area (Å²) in [6.45, 7) is 0.980. The van der Waals surface area contributed by atoms with E-state index in [0.717, 1.165) is 6.07 Å². The molecule has 2 N–H and O–H groups in total. The number of nitrogens with zero attached hydrogens (tertiary/aromatic N) is 3. The number of rotatable bonds is 6. The SMILES string of the molecule is CC(CO)Oc1c(CNc2nc(Cl)nc3cnc(Cl)cc23)cccc1C(F)(F)F. The lowest BCUT2D eigenvalue weighted by atomic mass is 10.1. The van der Waals surface area contributed by atoms with E-state index in [0.29, 0.717) is 10.9 Å². The summed E-state index contributed by atoms with van der Waals surface area (Å²) in [5.41, 5.74) is -0.288. The lowest BCUT2D eigenvalue weighted by molar-refractivity contribution is -0.139. The summed E-state index contributed by atoms with van der Waals surface area (Å²) in [4.78, 5) is 12.1. The first-order valence-electron chi connectivity index (χ1n) is 8.38. The normalized spacial score (nSPS) is 12.8. The number of aliphatic hydroxyl groups excluding tert-OH is 1. The number of benzene rings is 1.